The summed E-state index contributed by atoms with van der Waals surface area (Å²) in [6.45, 7) is 3.69. The third kappa shape index (κ3) is 3.77. The molecule has 94 valence electrons. The maximum Gasteiger partial charge on any atom is 0.327 e. The molecule has 1 rings (SSSR count). The first-order valence-corrected chi connectivity index (χ1v) is 5.85. The zero-order valence-electron chi connectivity index (χ0n) is 9.59. The molecule has 1 aromatic rings. The molecule has 3 N–H and O–H groups in total. The van der Waals surface area contributed by atoms with Gasteiger partial charge in [0, 0.05) is 11.3 Å². The van der Waals surface area contributed by atoms with Crippen LogP contribution in [0.2, 0.25) is 10.0 Å². The van der Waals surface area contributed by atoms with Crippen LogP contribution < -0.4 is 11.2 Å². The molecule has 4 nitrogen and oxygen atoms in total. The lowest BCUT2D eigenvalue weighted by Crippen LogP contribution is -2.23. The summed E-state index contributed by atoms with van der Waals surface area (Å²) in [6, 6.07) is 3.26. The van der Waals surface area contributed by atoms with E-state index in [1.165, 1.54) is 0 Å². The van der Waals surface area contributed by atoms with Gasteiger partial charge in [0.05, 0.1) is 22.5 Å². The Kier molecular flexibility index (Phi) is 5.05. The summed E-state index contributed by atoms with van der Waals surface area (Å²) >= 11 is 11.8. The first-order valence-electron chi connectivity index (χ1n) is 5.09. The second-order valence-electron chi connectivity index (χ2n) is 3.83. The molecule has 0 aliphatic carbocycles. The van der Waals surface area contributed by atoms with E-state index in [0.717, 1.165) is 0 Å². The number of benzene rings is 1. The van der Waals surface area contributed by atoms with E-state index in [0.29, 0.717) is 21.3 Å². The second-order valence-corrected chi connectivity index (χ2v) is 4.61. The number of anilines is 1. The zero-order chi connectivity index (χ0) is 13.0. The van der Waals surface area contributed by atoms with Crippen molar-refractivity contribution in [3.63, 3.8) is 0 Å². The maximum absolute atomic E-state index is 11.2. The highest BCUT2D eigenvalue weighted by molar-refractivity contribution is 6.42. The molecule has 0 fully saturated rings. The van der Waals surface area contributed by atoms with Crippen LogP contribution in [0.4, 0.5) is 5.69 Å². The van der Waals surface area contributed by atoms with Crippen LogP contribution in [0.5, 0.6) is 0 Å². The third-order valence-electron chi connectivity index (χ3n) is 2.13. The Morgan fingerprint density at radius 2 is 2.12 bits per heavy atom. The highest BCUT2D eigenvalue weighted by Gasteiger charge is 2.11. The number of carbonyl (C=O) groups is 1. The Morgan fingerprint density at radius 3 is 2.71 bits per heavy atom. The molecule has 0 radical (unpaired) electrons. The molecule has 0 aromatic heterocycles. The van der Waals surface area contributed by atoms with E-state index in [1.54, 1.807) is 26.0 Å². The highest BCUT2D eigenvalue weighted by atomic mass is 35.5. The number of halogens is 2. The molecule has 0 spiro atoms. The van der Waals surface area contributed by atoms with E-state index in [4.69, 9.17) is 33.8 Å². The topological polar surface area (TPSA) is 64.3 Å². The van der Waals surface area contributed by atoms with Gasteiger partial charge in [-0.3, -0.25) is 4.79 Å². The molecule has 6 heteroatoms. The molecule has 0 amide bonds. The van der Waals surface area contributed by atoms with Crippen LogP contribution in [0.15, 0.2) is 12.1 Å². The molecule has 0 aliphatic rings. The van der Waals surface area contributed by atoms with Crippen molar-refractivity contribution in [1.82, 2.24) is 5.48 Å². The van der Waals surface area contributed by atoms with Crippen molar-refractivity contribution in [2.45, 2.75) is 20.4 Å². The Morgan fingerprint density at radius 1 is 1.47 bits per heavy atom. The number of nitrogens with one attached hydrogen (secondary N) is 1. The van der Waals surface area contributed by atoms with Crippen molar-refractivity contribution in [2.75, 3.05) is 5.73 Å². The van der Waals surface area contributed by atoms with Gasteiger partial charge >= 0.3 is 5.97 Å². The Labute approximate surface area is 110 Å². The van der Waals surface area contributed by atoms with E-state index in [-0.39, 0.29) is 18.4 Å². The molecule has 1 aromatic carbocycles. The van der Waals surface area contributed by atoms with E-state index >= 15 is 0 Å². The average molecular weight is 277 g/mol. The van der Waals surface area contributed by atoms with E-state index < -0.39 is 0 Å². The smallest absolute Gasteiger partial charge is 0.327 e. The normalized spacial score (nSPS) is 10.6. The maximum atomic E-state index is 11.2. The molecule has 17 heavy (non-hydrogen) atoms. The summed E-state index contributed by atoms with van der Waals surface area (Å²) < 4.78 is 0. The van der Waals surface area contributed by atoms with E-state index in [2.05, 4.69) is 5.48 Å². The van der Waals surface area contributed by atoms with Crippen LogP contribution in [0, 0.1) is 5.92 Å². The van der Waals surface area contributed by atoms with Gasteiger partial charge in [-0.05, 0) is 12.1 Å². The van der Waals surface area contributed by atoms with Crippen LogP contribution in [-0.4, -0.2) is 5.97 Å². The van der Waals surface area contributed by atoms with Crippen LogP contribution >= 0.6 is 23.2 Å². The largest absolute Gasteiger partial charge is 0.398 e. The first-order chi connectivity index (χ1) is 7.93. The van der Waals surface area contributed by atoms with Crippen LogP contribution in [-0.2, 0) is 16.2 Å². The lowest BCUT2D eigenvalue weighted by Gasteiger charge is -2.11. The molecule has 0 heterocycles. The van der Waals surface area contributed by atoms with Gasteiger partial charge in [0.2, 0.25) is 0 Å². The Balaban J connectivity index is 2.64. The van der Waals surface area contributed by atoms with Crippen LogP contribution in [0.1, 0.15) is 19.4 Å². The van der Waals surface area contributed by atoms with E-state index in [1.807, 2.05) is 0 Å². The predicted molar refractivity (Wildman–Crippen MR) is 68.6 cm³/mol. The standard InChI is InChI=1S/C11H14Cl2N2O2/c1-6(2)11(16)17-15-5-7-9(14)4-3-8(12)10(7)13/h3-4,6,15H,5,14H2,1-2H3. The molecular formula is C11H14Cl2N2O2. The van der Waals surface area contributed by atoms with Gasteiger partial charge in [-0.15, -0.1) is 5.48 Å². The monoisotopic (exact) mass is 276 g/mol. The van der Waals surface area contributed by atoms with Crippen molar-refractivity contribution < 1.29 is 9.63 Å². The highest BCUT2D eigenvalue weighted by Crippen LogP contribution is 2.29. The Bertz CT molecular complexity index is 422. The van der Waals surface area contributed by atoms with E-state index in [9.17, 15) is 4.79 Å². The Hall–Kier alpha value is -0.970. The summed E-state index contributed by atoms with van der Waals surface area (Å²) in [4.78, 5) is 16.0. The lowest BCUT2D eigenvalue weighted by atomic mass is 10.2. The molecule has 0 saturated heterocycles. The summed E-state index contributed by atoms with van der Waals surface area (Å²) in [5.74, 6) is -0.545. The fraction of sp³-hybridized carbons (Fsp3) is 0.364. The van der Waals surface area contributed by atoms with Crippen molar-refractivity contribution in [1.29, 1.82) is 0 Å². The van der Waals surface area contributed by atoms with Gasteiger partial charge in [-0.2, -0.15) is 0 Å². The number of carbonyl (C=O) groups excluding carboxylic acids is 1. The number of rotatable bonds is 4. The SMILES string of the molecule is CC(C)C(=O)ONCc1c(N)ccc(Cl)c1Cl. The summed E-state index contributed by atoms with van der Waals surface area (Å²) in [7, 11) is 0. The summed E-state index contributed by atoms with van der Waals surface area (Å²) in [6.07, 6.45) is 0. The summed E-state index contributed by atoms with van der Waals surface area (Å²) in [5.41, 5.74) is 9.36. The molecule has 0 bridgehead atoms. The molecule has 0 aliphatic heterocycles. The number of hydrogen-bond donors (Lipinski definition) is 2. The molecular weight excluding hydrogens is 263 g/mol. The fourth-order valence-corrected chi connectivity index (χ4v) is 1.50. The third-order valence-corrected chi connectivity index (χ3v) is 2.97. The number of hydroxylamine groups is 1. The van der Waals surface area contributed by atoms with Crippen LogP contribution in [0.3, 0.4) is 0 Å². The van der Waals surface area contributed by atoms with Crippen molar-refractivity contribution in [3.05, 3.63) is 27.7 Å². The average Bonchev–Trinajstić information content (AvgIpc) is 2.28. The quantitative estimate of drug-likeness (QED) is 0.656. The zero-order valence-corrected chi connectivity index (χ0v) is 11.1. The van der Waals surface area contributed by atoms with Crippen LogP contribution in [0.25, 0.3) is 0 Å². The molecule has 0 atom stereocenters. The number of nitrogens with two attached hydrogens (primary N) is 1. The molecule has 0 unspecified atom stereocenters. The number of hydrogen-bond acceptors (Lipinski definition) is 4. The fourth-order valence-electron chi connectivity index (χ4n) is 1.08. The molecule has 0 saturated carbocycles. The number of nitrogen functional groups attached to an aromatic ring is 1. The van der Waals surface area contributed by atoms with Crippen molar-refractivity contribution in [2.24, 2.45) is 5.92 Å². The van der Waals surface area contributed by atoms with Crippen molar-refractivity contribution >= 4 is 34.9 Å². The predicted octanol–water partition coefficient (Wildman–Crippen LogP) is 2.78. The van der Waals surface area contributed by atoms with Gasteiger partial charge in [-0.1, -0.05) is 37.0 Å². The minimum absolute atomic E-state index is 0.199. The minimum atomic E-state index is -0.346. The lowest BCUT2D eigenvalue weighted by molar-refractivity contribution is -0.155. The van der Waals surface area contributed by atoms with Gasteiger partial charge in [-0.25, -0.2) is 0 Å². The van der Waals surface area contributed by atoms with Gasteiger partial charge in [0.25, 0.3) is 0 Å². The van der Waals surface area contributed by atoms with Gasteiger partial charge < -0.3 is 10.6 Å². The summed E-state index contributed by atoms with van der Waals surface area (Å²) in [5, 5.41) is 0.771. The van der Waals surface area contributed by atoms with Gasteiger partial charge in [0.1, 0.15) is 0 Å². The van der Waals surface area contributed by atoms with Gasteiger partial charge in [0.15, 0.2) is 0 Å². The van der Waals surface area contributed by atoms with Crippen molar-refractivity contribution in [3.8, 4) is 0 Å². The minimum Gasteiger partial charge on any atom is -0.398 e. The first kappa shape index (κ1) is 14.1. The second kappa shape index (κ2) is 6.10.